The Hall–Kier alpha value is -1.93. The predicted octanol–water partition coefficient (Wildman–Crippen LogP) is 0.328. The van der Waals surface area contributed by atoms with E-state index < -0.39 is 6.04 Å². The third kappa shape index (κ3) is 2.27. The summed E-state index contributed by atoms with van der Waals surface area (Å²) >= 11 is 0. The molecule has 0 aromatic carbocycles. The first-order valence-corrected chi connectivity index (χ1v) is 5.57. The van der Waals surface area contributed by atoms with Crippen LogP contribution in [0.3, 0.4) is 0 Å². The molecule has 2 heterocycles. The number of hydrogen-bond acceptors (Lipinski definition) is 4. The minimum absolute atomic E-state index is 0.156. The van der Waals surface area contributed by atoms with Crippen molar-refractivity contribution >= 4 is 5.91 Å². The van der Waals surface area contributed by atoms with E-state index in [1.807, 2.05) is 13.0 Å². The molecule has 0 aliphatic carbocycles. The largest absolute Gasteiger partial charge is 0.319 e. The van der Waals surface area contributed by atoms with Crippen LogP contribution in [0.1, 0.15) is 16.1 Å². The number of pyridine rings is 1. The van der Waals surface area contributed by atoms with Gasteiger partial charge in [-0.2, -0.15) is 5.26 Å². The number of aromatic nitrogens is 1. The Morgan fingerprint density at radius 1 is 1.71 bits per heavy atom. The summed E-state index contributed by atoms with van der Waals surface area (Å²) in [5.74, 6) is -0.156. The zero-order valence-corrected chi connectivity index (χ0v) is 9.68. The van der Waals surface area contributed by atoms with Gasteiger partial charge in [0, 0.05) is 25.8 Å². The molecule has 1 aliphatic rings. The van der Waals surface area contributed by atoms with Crippen molar-refractivity contribution in [1.82, 2.24) is 15.2 Å². The summed E-state index contributed by atoms with van der Waals surface area (Å²) in [6.07, 6.45) is 1.60. The Labute approximate surface area is 100 Å². The van der Waals surface area contributed by atoms with E-state index in [0.29, 0.717) is 18.8 Å². The molecule has 1 atom stereocenters. The van der Waals surface area contributed by atoms with Crippen molar-refractivity contribution in [2.75, 3.05) is 19.6 Å². The maximum absolute atomic E-state index is 12.3. The Morgan fingerprint density at radius 2 is 2.53 bits per heavy atom. The zero-order chi connectivity index (χ0) is 12.3. The Balaban J connectivity index is 2.25. The summed E-state index contributed by atoms with van der Waals surface area (Å²) in [6, 6.07) is 5.38. The molecule has 88 valence electrons. The standard InChI is InChI=1S/C12H14N4O/c1-9-3-2-4-15-11(9)12(17)16-6-5-14-8-10(16)7-13/h2-4,10,14H,5-6,8H2,1H3. The smallest absolute Gasteiger partial charge is 0.273 e. The maximum atomic E-state index is 12.3. The molecule has 1 aromatic rings. The number of nitriles is 1. The van der Waals surface area contributed by atoms with Gasteiger partial charge in [0.1, 0.15) is 11.7 Å². The fourth-order valence-electron chi connectivity index (χ4n) is 1.91. The van der Waals surface area contributed by atoms with E-state index in [4.69, 9.17) is 5.26 Å². The summed E-state index contributed by atoms with van der Waals surface area (Å²) in [7, 11) is 0. The minimum atomic E-state index is -0.405. The average molecular weight is 230 g/mol. The lowest BCUT2D eigenvalue weighted by molar-refractivity contribution is 0.0680. The van der Waals surface area contributed by atoms with Gasteiger partial charge in [0.15, 0.2) is 0 Å². The molecule has 5 heteroatoms. The maximum Gasteiger partial charge on any atom is 0.273 e. The van der Waals surface area contributed by atoms with Crippen LogP contribution in [0.15, 0.2) is 18.3 Å². The summed E-state index contributed by atoms with van der Waals surface area (Å²) < 4.78 is 0. The molecule has 1 amide bonds. The number of carbonyl (C=O) groups is 1. The van der Waals surface area contributed by atoms with Crippen molar-refractivity contribution in [3.8, 4) is 6.07 Å². The number of nitrogens with zero attached hydrogens (tertiary/aromatic N) is 3. The number of aryl methyl sites for hydroxylation is 1. The van der Waals surface area contributed by atoms with Crippen LogP contribution in [-0.2, 0) is 0 Å². The van der Waals surface area contributed by atoms with Crippen LogP contribution in [0.25, 0.3) is 0 Å². The quantitative estimate of drug-likeness (QED) is 0.754. The van der Waals surface area contributed by atoms with Gasteiger partial charge < -0.3 is 10.2 Å². The van der Waals surface area contributed by atoms with Gasteiger partial charge >= 0.3 is 0 Å². The van der Waals surface area contributed by atoms with Gasteiger partial charge in [0.25, 0.3) is 5.91 Å². The van der Waals surface area contributed by atoms with Crippen molar-refractivity contribution < 1.29 is 4.79 Å². The van der Waals surface area contributed by atoms with Crippen LogP contribution in [0.2, 0.25) is 0 Å². The highest BCUT2D eigenvalue weighted by molar-refractivity contribution is 5.94. The van der Waals surface area contributed by atoms with Crippen molar-refractivity contribution in [2.24, 2.45) is 0 Å². The summed E-state index contributed by atoms with van der Waals surface area (Å²) in [4.78, 5) is 18.0. The topological polar surface area (TPSA) is 69.0 Å². The summed E-state index contributed by atoms with van der Waals surface area (Å²) in [5, 5.41) is 12.1. The third-order valence-electron chi connectivity index (χ3n) is 2.87. The van der Waals surface area contributed by atoms with Crippen LogP contribution in [0.5, 0.6) is 0 Å². The van der Waals surface area contributed by atoms with Crippen LogP contribution in [0.4, 0.5) is 0 Å². The number of nitrogens with one attached hydrogen (secondary N) is 1. The van der Waals surface area contributed by atoms with Crippen LogP contribution in [0, 0.1) is 18.3 Å². The fourth-order valence-corrected chi connectivity index (χ4v) is 1.91. The first kappa shape index (κ1) is 11.6. The number of piperazine rings is 1. The van der Waals surface area contributed by atoms with Crippen molar-refractivity contribution in [2.45, 2.75) is 13.0 Å². The lowest BCUT2D eigenvalue weighted by Gasteiger charge is -2.31. The van der Waals surface area contributed by atoms with Crippen molar-refractivity contribution in [3.05, 3.63) is 29.6 Å². The second-order valence-electron chi connectivity index (χ2n) is 4.02. The molecule has 2 rings (SSSR count). The molecule has 1 unspecified atom stereocenters. The number of rotatable bonds is 1. The van der Waals surface area contributed by atoms with E-state index in [2.05, 4.69) is 16.4 Å². The van der Waals surface area contributed by atoms with Gasteiger partial charge in [-0.1, -0.05) is 6.07 Å². The lowest BCUT2D eigenvalue weighted by atomic mass is 10.1. The summed E-state index contributed by atoms with van der Waals surface area (Å²) in [5.41, 5.74) is 1.28. The Kier molecular flexibility index (Phi) is 3.35. The molecule has 0 radical (unpaired) electrons. The summed E-state index contributed by atoms with van der Waals surface area (Å²) in [6.45, 7) is 3.64. The van der Waals surface area contributed by atoms with E-state index >= 15 is 0 Å². The number of amides is 1. The second-order valence-corrected chi connectivity index (χ2v) is 4.02. The van der Waals surface area contributed by atoms with Gasteiger partial charge in [0.2, 0.25) is 0 Å². The fraction of sp³-hybridized carbons (Fsp3) is 0.417. The first-order chi connectivity index (χ1) is 8.24. The predicted molar refractivity (Wildman–Crippen MR) is 62.3 cm³/mol. The molecule has 17 heavy (non-hydrogen) atoms. The van der Waals surface area contributed by atoms with E-state index in [-0.39, 0.29) is 5.91 Å². The Bertz CT molecular complexity index is 466. The minimum Gasteiger partial charge on any atom is -0.319 e. The molecule has 5 nitrogen and oxygen atoms in total. The van der Waals surface area contributed by atoms with Crippen LogP contribution < -0.4 is 5.32 Å². The van der Waals surface area contributed by atoms with Crippen LogP contribution in [-0.4, -0.2) is 41.5 Å². The normalized spacial score (nSPS) is 19.8. The van der Waals surface area contributed by atoms with E-state index in [1.165, 1.54) is 0 Å². The second kappa shape index (κ2) is 4.93. The van der Waals surface area contributed by atoms with Gasteiger partial charge in [-0.05, 0) is 18.6 Å². The highest BCUT2D eigenvalue weighted by atomic mass is 16.2. The molecular weight excluding hydrogens is 216 g/mol. The molecule has 1 aromatic heterocycles. The van der Waals surface area contributed by atoms with Crippen LogP contribution >= 0.6 is 0 Å². The number of hydrogen-bond donors (Lipinski definition) is 1. The third-order valence-corrected chi connectivity index (χ3v) is 2.87. The van der Waals surface area contributed by atoms with Crippen molar-refractivity contribution in [3.63, 3.8) is 0 Å². The van der Waals surface area contributed by atoms with Gasteiger partial charge in [-0.25, -0.2) is 0 Å². The first-order valence-electron chi connectivity index (χ1n) is 5.57. The SMILES string of the molecule is Cc1cccnc1C(=O)N1CCNCC1C#N. The molecule has 1 aliphatic heterocycles. The van der Waals surface area contributed by atoms with Gasteiger partial charge in [-0.15, -0.1) is 0 Å². The number of carbonyl (C=O) groups excluding carboxylic acids is 1. The van der Waals surface area contributed by atoms with Gasteiger partial charge in [-0.3, -0.25) is 9.78 Å². The molecule has 0 bridgehead atoms. The molecular formula is C12H14N4O. The highest BCUT2D eigenvalue weighted by Crippen LogP contribution is 2.11. The molecule has 1 fully saturated rings. The molecule has 0 spiro atoms. The van der Waals surface area contributed by atoms with Crippen molar-refractivity contribution in [1.29, 1.82) is 5.26 Å². The molecule has 1 N–H and O–H groups in total. The zero-order valence-electron chi connectivity index (χ0n) is 9.68. The molecule has 1 saturated heterocycles. The van der Waals surface area contributed by atoms with E-state index in [9.17, 15) is 4.79 Å². The lowest BCUT2D eigenvalue weighted by Crippen LogP contribution is -2.53. The van der Waals surface area contributed by atoms with E-state index in [1.54, 1.807) is 17.2 Å². The monoisotopic (exact) mass is 230 g/mol. The van der Waals surface area contributed by atoms with Gasteiger partial charge in [0.05, 0.1) is 6.07 Å². The average Bonchev–Trinajstić information content (AvgIpc) is 2.38. The highest BCUT2D eigenvalue weighted by Gasteiger charge is 2.28. The molecule has 0 saturated carbocycles. The van der Waals surface area contributed by atoms with E-state index in [0.717, 1.165) is 12.1 Å². The Morgan fingerprint density at radius 3 is 3.24 bits per heavy atom.